The van der Waals surface area contributed by atoms with Crippen LogP contribution in [0.2, 0.25) is 5.02 Å². The predicted molar refractivity (Wildman–Crippen MR) is 97.7 cm³/mol. The molecule has 0 spiro atoms. The minimum absolute atomic E-state index is 0.196. The highest BCUT2D eigenvalue weighted by molar-refractivity contribution is 6.30. The maximum absolute atomic E-state index is 12.9. The molecule has 0 radical (unpaired) electrons. The van der Waals surface area contributed by atoms with E-state index in [4.69, 9.17) is 16.3 Å². The van der Waals surface area contributed by atoms with Gasteiger partial charge in [-0.1, -0.05) is 23.7 Å². The van der Waals surface area contributed by atoms with Gasteiger partial charge < -0.3 is 4.74 Å². The number of hydrogen-bond donors (Lipinski definition) is 1. The molecule has 0 aromatic heterocycles. The standard InChI is InChI=1S/C19H20ClFN2O2/c1-13-12-16(20)7-10-18(13)25-11-3-4-19(24)23-22-14(2)15-5-8-17(21)9-6-15/h5-10,12H,3-4,11H2,1-2H3,(H,23,24). The van der Waals surface area contributed by atoms with Crippen molar-refractivity contribution in [2.24, 2.45) is 5.10 Å². The number of ether oxygens (including phenoxy) is 1. The zero-order valence-electron chi connectivity index (χ0n) is 14.2. The first-order chi connectivity index (χ1) is 12.0. The second kappa shape index (κ2) is 9.18. The summed E-state index contributed by atoms with van der Waals surface area (Å²) in [6, 6.07) is 11.3. The molecule has 2 rings (SSSR count). The van der Waals surface area contributed by atoms with Crippen LogP contribution in [0.1, 0.15) is 30.9 Å². The highest BCUT2D eigenvalue weighted by atomic mass is 35.5. The van der Waals surface area contributed by atoms with Crippen molar-refractivity contribution in [3.8, 4) is 5.75 Å². The zero-order valence-corrected chi connectivity index (χ0v) is 14.9. The third kappa shape index (κ3) is 6.19. The number of benzene rings is 2. The van der Waals surface area contributed by atoms with Crippen molar-refractivity contribution < 1.29 is 13.9 Å². The monoisotopic (exact) mass is 362 g/mol. The Hall–Kier alpha value is -2.40. The summed E-state index contributed by atoms with van der Waals surface area (Å²) in [5.74, 6) is 0.254. The van der Waals surface area contributed by atoms with Gasteiger partial charge in [0.2, 0.25) is 5.91 Å². The number of aryl methyl sites for hydroxylation is 1. The molecule has 0 atom stereocenters. The Morgan fingerprint density at radius 2 is 1.96 bits per heavy atom. The molecular formula is C19H20ClFN2O2. The van der Waals surface area contributed by atoms with E-state index in [2.05, 4.69) is 10.5 Å². The van der Waals surface area contributed by atoms with Crippen molar-refractivity contribution in [1.82, 2.24) is 5.43 Å². The minimum atomic E-state index is -0.309. The summed E-state index contributed by atoms with van der Waals surface area (Å²) in [5.41, 5.74) is 4.82. The first-order valence-corrected chi connectivity index (χ1v) is 8.31. The Balaban J connectivity index is 1.73. The van der Waals surface area contributed by atoms with Gasteiger partial charge >= 0.3 is 0 Å². The molecule has 0 saturated carbocycles. The van der Waals surface area contributed by atoms with Crippen LogP contribution >= 0.6 is 11.6 Å². The second-order valence-corrected chi connectivity index (χ2v) is 6.04. The summed E-state index contributed by atoms with van der Waals surface area (Å²) >= 11 is 5.89. The molecule has 0 aliphatic heterocycles. The van der Waals surface area contributed by atoms with Crippen LogP contribution in [-0.4, -0.2) is 18.2 Å². The number of carbonyl (C=O) groups excluding carboxylic acids is 1. The maximum Gasteiger partial charge on any atom is 0.240 e. The maximum atomic E-state index is 12.9. The number of nitrogens with zero attached hydrogens (tertiary/aromatic N) is 1. The fourth-order valence-corrected chi connectivity index (χ4v) is 2.37. The van der Waals surface area contributed by atoms with Gasteiger partial charge in [-0.2, -0.15) is 5.10 Å². The third-order valence-corrected chi connectivity index (χ3v) is 3.79. The highest BCUT2D eigenvalue weighted by Crippen LogP contribution is 2.21. The number of halogens is 2. The molecule has 0 aliphatic carbocycles. The van der Waals surface area contributed by atoms with Crippen molar-refractivity contribution in [2.45, 2.75) is 26.7 Å². The van der Waals surface area contributed by atoms with E-state index in [1.165, 1.54) is 12.1 Å². The van der Waals surface area contributed by atoms with Crippen molar-refractivity contribution in [3.05, 3.63) is 64.4 Å². The summed E-state index contributed by atoms with van der Waals surface area (Å²) in [5, 5.41) is 4.69. The summed E-state index contributed by atoms with van der Waals surface area (Å²) in [4.78, 5) is 11.8. The third-order valence-electron chi connectivity index (χ3n) is 3.55. The van der Waals surface area contributed by atoms with Gasteiger partial charge in [0.25, 0.3) is 0 Å². The van der Waals surface area contributed by atoms with Crippen LogP contribution in [-0.2, 0) is 4.79 Å². The van der Waals surface area contributed by atoms with E-state index < -0.39 is 0 Å². The average Bonchev–Trinajstić information content (AvgIpc) is 2.58. The van der Waals surface area contributed by atoms with Crippen LogP contribution in [0.25, 0.3) is 0 Å². The lowest BCUT2D eigenvalue weighted by atomic mass is 10.1. The molecule has 0 saturated heterocycles. The Kier molecular flexibility index (Phi) is 6.95. The fraction of sp³-hybridized carbons (Fsp3) is 0.263. The summed E-state index contributed by atoms with van der Waals surface area (Å²) in [7, 11) is 0. The smallest absolute Gasteiger partial charge is 0.240 e. The summed E-state index contributed by atoms with van der Waals surface area (Å²) < 4.78 is 18.5. The van der Waals surface area contributed by atoms with Gasteiger partial charge in [-0.3, -0.25) is 4.79 Å². The van der Waals surface area contributed by atoms with E-state index in [-0.39, 0.29) is 11.7 Å². The topological polar surface area (TPSA) is 50.7 Å². The van der Waals surface area contributed by atoms with Crippen LogP contribution < -0.4 is 10.2 Å². The van der Waals surface area contributed by atoms with Gasteiger partial charge in [0.05, 0.1) is 12.3 Å². The van der Waals surface area contributed by atoms with Crippen LogP contribution in [0.3, 0.4) is 0 Å². The SMILES string of the molecule is CC(=NNC(=O)CCCOc1ccc(Cl)cc1C)c1ccc(F)cc1. The lowest BCUT2D eigenvalue weighted by Crippen LogP contribution is -2.19. The first kappa shape index (κ1) is 18.9. The molecule has 0 heterocycles. The molecule has 132 valence electrons. The number of hydrogen-bond acceptors (Lipinski definition) is 3. The van der Waals surface area contributed by atoms with E-state index >= 15 is 0 Å². The van der Waals surface area contributed by atoms with Gasteiger partial charge in [0.15, 0.2) is 0 Å². The van der Waals surface area contributed by atoms with E-state index in [9.17, 15) is 9.18 Å². The Morgan fingerprint density at radius 3 is 2.64 bits per heavy atom. The molecule has 1 amide bonds. The molecule has 0 fully saturated rings. The number of nitrogens with one attached hydrogen (secondary N) is 1. The van der Waals surface area contributed by atoms with Crippen molar-refractivity contribution >= 4 is 23.2 Å². The van der Waals surface area contributed by atoms with Crippen LogP contribution in [0.5, 0.6) is 5.75 Å². The van der Waals surface area contributed by atoms with Gasteiger partial charge in [-0.05, 0) is 61.7 Å². The predicted octanol–water partition coefficient (Wildman–Crippen LogP) is 4.49. The summed E-state index contributed by atoms with van der Waals surface area (Å²) in [6.07, 6.45) is 0.867. The van der Waals surface area contributed by atoms with Crippen LogP contribution in [0, 0.1) is 12.7 Å². The first-order valence-electron chi connectivity index (χ1n) is 7.94. The molecule has 1 N–H and O–H groups in total. The molecule has 2 aromatic rings. The van der Waals surface area contributed by atoms with E-state index in [0.717, 1.165) is 16.9 Å². The van der Waals surface area contributed by atoms with Crippen molar-refractivity contribution in [2.75, 3.05) is 6.61 Å². The fourth-order valence-electron chi connectivity index (χ4n) is 2.15. The van der Waals surface area contributed by atoms with Crippen molar-refractivity contribution in [1.29, 1.82) is 0 Å². The normalized spacial score (nSPS) is 11.3. The lowest BCUT2D eigenvalue weighted by molar-refractivity contribution is -0.121. The highest BCUT2D eigenvalue weighted by Gasteiger charge is 2.04. The Bertz CT molecular complexity index is 761. The Morgan fingerprint density at radius 1 is 1.24 bits per heavy atom. The zero-order chi connectivity index (χ0) is 18.2. The van der Waals surface area contributed by atoms with E-state index in [1.807, 2.05) is 19.1 Å². The Labute approximate surface area is 151 Å². The molecule has 2 aromatic carbocycles. The van der Waals surface area contributed by atoms with Gasteiger partial charge in [0.1, 0.15) is 11.6 Å². The summed E-state index contributed by atoms with van der Waals surface area (Å²) in [6.45, 7) is 4.09. The van der Waals surface area contributed by atoms with E-state index in [1.54, 1.807) is 25.1 Å². The quantitative estimate of drug-likeness (QED) is 0.448. The van der Waals surface area contributed by atoms with Gasteiger partial charge in [-0.15, -0.1) is 0 Å². The number of rotatable bonds is 7. The van der Waals surface area contributed by atoms with Crippen LogP contribution in [0.4, 0.5) is 4.39 Å². The molecule has 0 unspecified atom stereocenters. The van der Waals surface area contributed by atoms with Crippen LogP contribution in [0.15, 0.2) is 47.6 Å². The van der Waals surface area contributed by atoms with E-state index in [0.29, 0.717) is 30.2 Å². The van der Waals surface area contributed by atoms with Gasteiger partial charge in [-0.25, -0.2) is 9.82 Å². The molecule has 4 nitrogen and oxygen atoms in total. The number of amides is 1. The number of hydrazone groups is 1. The molecular weight excluding hydrogens is 343 g/mol. The molecule has 0 bridgehead atoms. The average molecular weight is 363 g/mol. The molecule has 25 heavy (non-hydrogen) atoms. The lowest BCUT2D eigenvalue weighted by Gasteiger charge is -2.09. The molecule has 6 heteroatoms. The van der Waals surface area contributed by atoms with Crippen molar-refractivity contribution in [3.63, 3.8) is 0 Å². The number of carbonyl (C=O) groups is 1. The largest absolute Gasteiger partial charge is 0.493 e. The minimum Gasteiger partial charge on any atom is -0.493 e. The second-order valence-electron chi connectivity index (χ2n) is 5.60. The van der Waals surface area contributed by atoms with Gasteiger partial charge in [0, 0.05) is 11.4 Å². The molecule has 0 aliphatic rings.